The van der Waals surface area contributed by atoms with Crippen LogP contribution >= 0.6 is 0 Å². The first-order valence-corrected chi connectivity index (χ1v) is 6.88. The molecule has 0 spiro atoms. The van der Waals surface area contributed by atoms with Crippen LogP contribution in [0.3, 0.4) is 0 Å². The summed E-state index contributed by atoms with van der Waals surface area (Å²) in [4.78, 5) is 4.99. The maximum atomic E-state index is 4.99. The molecule has 0 bridgehead atoms. The zero-order chi connectivity index (χ0) is 11.1. The highest BCUT2D eigenvalue weighted by molar-refractivity contribution is 5.45. The van der Waals surface area contributed by atoms with E-state index < -0.39 is 0 Å². The molecule has 0 radical (unpaired) electrons. The van der Waals surface area contributed by atoms with E-state index in [0.29, 0.717) is 0 Å². The summed E-state index contributed by atoms with van der Waals surface area (Å²) in [5.41, 5.74) is 7.79. The number of fused-ring (bicyclic) bond motifs is 1. The average Bonchev–Trinajstić information content (AvgIpc) is 3.05. The molecule has 86 valence electrons. The van der Waals surface area contributed by atoms with E-state index in [0.717, 1.165) is 5.92 Å². The van der Waals surface area contributed by atoms with Gasteiger partial charge in [-0.05, 0) is 61.6 Å². The molecule has 0 unspecified atom stereocenters. The Morgan fingerprint density at radius 2 is 1.81 bits per heavy atom. The van der Waals surface area contributed by atoms with Crippen molar-refractivity contribution in [2.45, 2.75) is 64.7 Å². The van der Waals surface area contributed by atoms with Gasteiger partial charge in [-0.2, -0.15) is 0 Å². The molecule has 1 nitrogen and oxygen atoms in total. The summed E-state index contributed by atoms with van der Waals surface area (Å²) in [7, 11) is 0. The number of rotatable bonds is 3. The van der Waals surface area contributed by atoms with Crippen LogP contribution in [-0.2, 0) is 25.7 Å². The zero-order valence-corrected chi connectivity index (χ0v) is 10.5. The Bertz CT molecular complexity index is 416. The van der Waals surface area contributed by atoms with Gasteiger partial charge in [0.1, 0.15) is 0 Å². The van der Waals surface area contributed by atoms with Gasteiger partial charge in [0.2, 0.25) is 0 Å². The molecule has 0 aromatic carbocycles. The average molecular weight is 215 g/mol. The minimum atomic E-state index is 0.811. The lowest BCUT2D eigenvalue weighted by atomic mass is 9.94. The molecule has 2 aliphatic carbocycles. The van der Waals surface area contributed by atoms with Gasteiger partial charge in [0.15, 0.2) is 0 Å². The number of nitrogens with zero attached hydrogens (tertiary/aromatic N) is 1. The van der Waals surface area contributed by atoms with Crippen molar-refractivity contribution in [2.75, 3.05) is 0 Å². The second-order valence-corrected chi connectivity index (χ2v) is 5.21. The molecular formula is C15H21N. The van der Waals surface area contributed by atoms with E-state index in [-0.39, 0.29) is 0 Å². The van der Waals surface area contributed by atoms with Crippen molar-refractivity contribution < 1.29 is 0 Å². The number of aryl methyl sites for hydroxylation is 1. The van der Waals surface area contributed by atoms with Gasteiger partial charge in [-0.25, -0.2) is 0 Å². The van der Waals surface area contributed by atoms with E-state index in [4.69, 9.17) is 4.98 Å². The Morgan fingerprint density at radius 3 is 2.44 bits per heavy atom. The smallest absolute Gasteiger partial charge is 0.0472 e. The summed E-state index contributed by atoms with van der Waals surface area (Å²) in [6, 6.07) is 0. The molecule has 1 fully saturated rings. The van der Waals surface area contributed by atoms with E-state index in [9.17, 15) is 0 Å². The van der Waals surface area contributed by atoms with Crippen LogP contribution < -0.4 is 0 Å². The van der Waals surface area contributed by atoms with Crippen molar-refractivity contribution in [1.82, 2.24) is 4.98 Å². The van der Waals surface area contributed by atoms with E-state index in [2.05, 4.69) is 13.8 Å². The Kier molecular flexibility index (Phi) is 2.49. The predicted octanol–water partition coefficient (Wildman–Crippen LogP) is 3.57. The van der Waals surface area contributed by atoms with Crippen molar-refractivity contribution in [3.63, 3.8) is 0 Å². The van der Waals surface area contributed by atoms with E-state index in [1.807, 2.05) is 0 Å². The van der Waals surface area contributed by atoms with Crippen LogP contribution in [0, 0.1) is 0 Å². The Morgan fingerprint density at radius 1 is 1.06 bits per heavy atom. The highest BCUT2D eigenvalue weighted by atomic mass is 14.8. The molecule has 0 amide bonds. The van der Waals surface area contributed by atoms with Crippen molar-refractivity contribution in [2.24, 2.45) is 0 Å². The molecular weight excluding hydrogens is 194 g/mol. The summed E-state index contributed by atoms with van der Waals surface area (Å²) < 4.78 is 0. The van der Waals surface area contributed by atoms with Crippen molar-refractivity contribution in [1.29, 1.82) is 0 Å². The van der Waals surface area contributed by atoms with E-state index in [1.54, 1.807) is 16.7 Å². The summed E-state index contributed by atoms with van der Waals surface area (Å²) in [6.07, 6.45) is 8.97. The number of hydrogen-bond acceptors (Lipinski definition) is 1. The topological polar surface area (TPSA) is 12.9 Å². The van der Waals surface area contributed by atoms with Crippen LogP contribution in [0.5, 0.6) is 0 Å². The monoisotopic (exact) mass is 215 g/mol. The summed E-state index contributed by atoms with van der Waals surface area (Å²) >= 11 is 0. The van der Waals surface area contributed by atoms with Crippen molar-refractivity contribution in [3.05, 3.63) is 28.1 Å². The lowest BCUT2D eigenvalue weighted by molar-refractivity contribution is 0.878. The Labute approximate surface area is 98.3 Å². The summed E-state index contributed by atoms with van der Waals surface area (Å²) in [5, 5.41) is 0. The van der Waals surface area contributed by atoms with Gasteiger partial charge in [0, 0.05) is 17.3 Å². The second kappa shape index (κ2) is 3.87. The summed E-state index contributed by atoms with van der Waals surface area (Å²) in [5.74, 6) is 0.811. The fraction of sp³-hybridized carbons (Fsp3) is 0.667. The van der Waals surface area contributed by atoms with Crippen LogP contribution in [-0.4, -0.2) is 4.98 Å². The normalized spacial score (nSPS) is 18.9. The molecule has 3 rings (SSSR count). The third-order valence-corrected chi connectivity index (χ3v) is 4.15. The van der Waals surface area contributed by atoms with Crippen LogP contribution in [0.1, 0.15) is 67.1 Å². The number of aromatic nitrogens is 1. The first kappa shape index (κ1) is 10.3. The fourth-order valence-electron chi connectivity index (χ4n) is 3.24. The van der Waals surface area contributed by atoms with Crippen molar-refractivity contribution in [3.8, 4) is 0 Å². The summed E-state index contributed by atoms with van der Waals surface area (Å²) in [6.45, 7) is 4.60. The maximum Gasteiger partial charge on any atom is 0.0472 e. The lowest BCUT2D eigenvalue weighted by Gasteiger charge is -2.16. The van der Waals surface area contributed by atoms with Crippen LogP contribution in [0.4, 0.5) is 0 Å². The molecule has 1 aromatic heterocycles. The van der Waals surface area contributed by atoms with Crippen molar-refractivity contribution >= 4 is 0 Å². The number of pyridine rings is 1. The standard InChI is InChI=1S/C15H21N/c1-3-11-12(4-2)15(10-8-9-10)16-14-7-5-6-13(11)14/h10H,3-9H2,1-2H3. The van der Waals surface area contributed by atoms with Gasteiger partial charge in [0.25, 0.3) is 0 Å². The third kappa shape index (κ3) is 1.49. The third-order valence-electron chi connectivity index (χ3n) is 4.15. The molecule has 2 aliphatic rings. The molecule has 1 saturated carbocycles. The molecule has 1 heteroatoms. The molecule has 0 N–H and O–H groups in total. The molecule has 0 aliphatic heterocycles. The van der Waals surface area contributed by atoms with Gasteiger partial charge in [-0.1, -0.05) is 13.8 Å². The largest absolute Gasteiger partial charge is 0.257 e. The van der Waals surface area contributed by atoms with Gasteiger partial charge in [0.05, 0.1) is 0 Å². The highest BCUT2D eigenvalue weighted by Gasteiger charge is 2.30. The first-order valence-electron chi connectivity index (χ1n) is 6.88. The Balaban J connectivity index is 2.18. The first-order chi connectivity index (χ1) is 7.85. The van der Waals surface area contributed by atoms with Crippen LogP contribution in [0.25, 0.3) is 0 Å². The van der Waals surface area contributed by atoms with Gasteiger partial charge >= 0.3 is 0 Å². The van der Waals surface area contributed by atoms with Crippen LogP contribution in [0.15, 0.2) is 0 Å². The SMILES string of the molecule is CCc1c(C2CC2)nc2c(c1CC)CCC2. The lowest BCUT2D eigenvalue weighted by Crippen LogP contribution is -2.06. The molecule has 0 atom stereocenters. The Hall–Kier alpha value is -0.850. The zero-order valence-electron chi connectivity index (χ0n) is 10.5. The fourth-order valence-corrected chi connectivity index (χ4v) is 3.24. The molecule has 16 heavy (non-hydrogen) atoms. The van der Waals surface area contributed by atoms with E-state index in [1.165, 1.54) is 56.3 Å². The van der Waals surface area contributed by atoms with Gasteiger partial charge in [-0.3, -0.25) is 4.98 Å². The number of hydrogen-bond donors (Lipinski definition) is 0. The van der Waals surface area contributed by atoms with Crippen LogP contribution in [0.2, 0.25) is 0 Å². The maximum absolute atomic E-state index is 4.99. The predicted molar refractivity (Wildman–Crippen MR) is 67.0 cm³/mol. The molecule has 0 saturated heterocycles. The second-order valence-electron chi connectivity index (χ2n) is 5.21. The molecule has 1 heterocycles. The van der Waals surface area contributed by atoms with Gasteiger partial charge in [-0.15, -0.1) is 0 Å². The van der Waals surface area contributed by atoms with Gasteiger partial charge < -0.3 is 0 Å². The molecule has 1 aromatic rings. The van der Waals surface area contributed by atoms with E-state index >= 15 is 0 Å². The quantitative estimate of drug-likeness (QED) is 0.751. The minimum Gasteiger partial charge on any atom is -0.257 e. The highest BCUT2D eigenvalue weighted by Crippen LogP contribution is 2.43. The minimum absolute atomic E-state index is 0.811.